The summed E-state index contributed by atoms with van der Waals surface area (Å²) in [6.45, 7) is 2.09. The van der Waals surface area contributed by atoms with E-state index in [0.717, 1.165) is 23.6 Å². The van der Waals surface area contributed by atoms with Crippen LogP contribution in [0.15, 0.2) is 48.5 Å². The maximum Gasteiger partial charge on any atom is 0.414 e. The SMILES string of the molecule is O=C(NCc1cccc(N2CCOC2=O)c1)c1ccc(OCC2CC2)cc1. The first-order valence-electron chi connectivity index (χ1n) is 9.23. The molecule has 0 unspecified atom stereocenters. The molecule has 1 saturated heterocycles. The zero-order valence-electron chi connectivity index (χ0n) is 15.0. The number of nitrogens with one attached hydrogen (secondary N) is 1. The molecule has 2 amide bonds. The van der Waals surface area contributed by atoms with Crippen molar-refractivity contribution in [3.05, 3.63) is 59.7 Å². The van der Waals surface area contributed by atoms with E-state index < -0.39 is 0 Å². The van der Waals surface area contributed by atoms with Gasteiger partial charge in [0.2, 0.25) is 0 Å². The fraction of sp³-hybridized carbons (Fsp3) is 0.333. The molecule has 0 aromatic heterocycles. The van der Waals surface area contributed by atoms with Gasteiger partial charge in [-0.15, -0.1) is 0 Å². The lowest BCUT2D eigenvalue weighted by atomic mass is 10.1. The molecule has 1 heterocycles. The van der Waals surface area contributed by atoms with Gasteiger partial charge in [0.1, 0.15) is 12.4 Å². The number of carbonyl (C=O) groups excluding carboxylic acids is 2. The number of hydrogen-bond acceptors (Lipinski definition) is 4. The molecule has 6 nitrogen and oxygen atoms in total. The molecule has 2 aromatic rings. The maximum atomic E-state index is 12.4. The van der Waals surface area contributed by atoms with E-state index in [1.165, 1.54) is 12.8 Å². The van der Waals surface area contributed by atoms with E-state index in [-0.39, 0.29) is 12.0 Å². The summed E-state index contributed by atoms with van der Waals surface area (Å²) < 4.78 is 10.7. The van der Waals surface area contributed by atoms with E-state index in [2.05, 4.69) is 5.32 Å². The van der Waals surface area contributed by atoms with Crippen LogP contribution in [0.4, 0.5) is 10.5 Å². The summed E-state index contributed by atoms with van der Waals surface area (Å²) >= 11 is 0. The highest BCUT2D eigenvalue weighted by Gasteiger charge is 2.23. The van der Waals surface area contributed by atoms with Crippen LogP contribution in [0, 0.1) is 5.92 Å². The first-order chi connectivity index (χ1) is 13.2. The average molecular weight is 366 g/mol. The van der Waals surface area contributed by atoms with Gasteiger partial charge in [0.15, 0.2) is 0 Å². The smallest absolute Gasteiger partial charge is 0.414 e. The number of amides is 2. The third-order valence-corrected chi connectivity index (χ3v) is 4.74. The van der Waals surface area contributed by atoms with Crippen LogP contribution >= 0.6 is 0 Å². The Hall–Kier alpha value is -3.02. The molecule has 0 spiro atoms. The normalized spacial score (nSPS) is 16.1. The zero-order chi connectivity index (χ0) is 18.6. The van der Waals surface area contributed by atoms with Crippen LogP contribution in [0.5, 0.6) is 5.75 Å². The summed E-state index contributed by atoms with van der Waals surface area (Å²) in [6, 6.07) is 14.7. The molecule has 140 valence electrons. The number of cyclic esters (lactones) is 1. The van der Waals surface area contributed by atoms with Crippen LogP contribution in [-0.4, -0.2) is 31.8 Å². The van der Waals surface area contributed by atoms with Gasteiger partial charge < -0.3 is 14.8 Å². The highest BCUT2D eigenvalue weighted by molar-refractivity contribution is 5.94. The Morgan fingerprint density at radius 2 is 2.00 bits per heavy atom. The number of anilines is 1. The van der Waals surface area contributed by atoms with Crippen LogP contribution in [-0.2, 0) is 11.3 Å². The topological polar surface area (TPSA) is 67.9 Å². The van der Waals surface area contributed by atoms with Crippen molar-refractivity contribution in [2.24, 2.45) is 5.92 Å². The van der Waals surface area contributed by atoms with Crippen molar-refractivity contribution in [2.45, 2.75) is 19.4 Å². The number of ether oxygens (including phenoxy) is 2. The second kappa shape index (κ2) is 7.70. The minimum absolute atomic E-state index is 0.144. The van der Waals surface area contributed by atoms with Gasteiger partial charge in [0, 0.05) is 17.8 Å². The summed E-state index contributed by atoms with van der Waals surface area (Å²) in [5.41, 5.74) is 2.29. The monoisotopic (exact) mass is 366 g/mol. The summed E-state index contributed by atoms with van der Waals surface area (Å²) in [6.07, 6.45) is 2.17. The fourth-order valence-electron chi connectivity index (χ4n) is 2.95. The van der Waals surface area contributed by atoms with Gasteiger partial charge in [-0.2, -0.15) is 0 Å². The second-order valence-electron chi connectivity index (χ2n) is 6.90. The zero-order valence-corrected chi connectivity index (χ0v) is 15.0. The van der Waals surface area contributed by atoms with Gasteiger partial charge in [-0.25, -0.2) is 4.79 Å². The molecule has 2 fully saturated rings. The second-order valence-corrected chi connectivity index (χ2v) is 6.90. The van der Waals surface area contributed by atoms with Crippen molar-refractivity contribution in [2.75, 3.05) is 24.7 Å². The van der Waals surface area contributed by atoms with E-state index in [1.807, 2.05) is 36.4 Å². The van der Waals surface area contributed by atoms with Gasteiger partial charge in [0.05, 0.1) is 13.2 Å². The van der Waals surface area contributed by atoms with Crippen LogP contribution in [0.1, 0.15) is 28.8 Å². The Balaban J connectivity index is 1.32. The first kappa shape index (κ1) is 17.4. The predicted molar refractivity (Wildman–Crippen MR) is 101 cm³/mol. The third-order valence-electron chi connectivity index (χ3n) is 4.74. The Kier molecular flexibility index (Phi) is 4.96. The Morgan fingerprint density at radius 1 is 1.19 bits per heavy atom. The molecule has 0 atom stereocenters. The minimum Gasteiger partial charge on any atom is -0.493 e. The van der Waals surface area contributed by atoms with Crippen molar-refractivity contribution in [1.82, 2.24) is 5.32 Å². The van der Waals surface area contributed by atoms with E-state index >= 15 is 0 Å². The third kappa shape index (κ3) is 4.39. The van der Waals surface area contributed by atoms with E-state index in [1.54, 1.807) is 17.0 Å². The van der Waals surface area contributed by atoms with E-state index in [0.29, 0.717) is 31.2 Å². The standard InChI is InChI=1S/C21H22N2O4/c24-20(17-6-8-19(9-7-17)27-14-15-4-5-15)22-13-16-2-1-3-18(12-16)23-10-11-26-21(23)25/h1-3,6-9,12,15H,4-5,10-11,13-14H2,(H,22,24). The van der Waals surface area contributed by atoms with Gasteiger partial charge >= 0.3 is 6.09 Å². The largest absolute Gasteiger partial charge is 0.493 e. The summed E-state index contributed by atoms with van der Waals surface area (Å²) in [5.74, 6) is 1.35. The molecular weight excluding hydrogens is 344 g/mol. The molecule has 0 bridgehead atoms. The van der Waals surface area contributed by atoms with Gasteiger partial charge in [0.25, 0.3) is 5.91 Å². The highest BCUT2D eigenvalue weighted by atomic mass is 16.6. The molecule has 2 aromatic carbocycles. The molecule has 1 aliphatic carbocycles. The summed E-state index contributed by atoms with van der Waals surface area (Å²) in [5, 5.41) is 2.91. The lowest BCUT2D eigenvalue weighted by molar-refractivity contribution is 0.0950. The summed E-state index contributed by atoms with van der Waals surface area (Å²) in [4.78, 5) is 25.6. The summed E-state index contributed by atoms with van der Waals surface area (Å²) in [7, 11) is 0. The molecule has 0 radical (unpaired) electrons. The van der Waals surface area contributed by atoms with Crippen LogP contribution in [0.3, 0.4) is 0 Å². The van der Waals surface area contributed by atoms with Crippen molar-refractivity contribution < 1.29 is 19.1 Å². The van der Waals surface area contributed by atoms with Crippen molar-refractivity contribution in [1.29, 1.82) is 0 Å². The van der Waals surface area contributed by atoms with Crippen molar-refractivity contribution >= 4 is 17.7 Å². The van der Waals surface area contributed by atoms with E-state index in [4.69, 9.17) is 9.47 Å². The lowest BCUT2D eigenvalue weighted by Crippen LogP contribution is -2.24. The minimum atomic E-state index is -0.333. The van der Waals surface area contributed by atoms with Crippen molar-refractivity contribution in [3.8, 4) is 5.75 Å². The molecule has 1 aliphatic heterocycles. The molecule has 4 rings (SSSR count). The lowest BCUT2D eigenvalue weighted by Gasteiger charge is -2.14. The predicted octanol–water partition coefficient (Wildman–Crippen LogP) is 3.36. The Labute approximate surface area is 158 Å². The van der Waals surface area contributed by atoms with Crippen LogP contribution in [0.25, 0.3) is 0 Å². The molecule has 1 N–H and O–H groups in total. The van der Waals surface area contributed by atoms with Crippen LogP contribution < -0.4 is 15.0 Å². The van der Waals surface area contributed by atoms with Crippen LogP contribution in [0.2, 0.25) is 0 Å². The Bertz CT molecular complexity index is 830. The number of carbonyl (C=O) groups is 2. The highest BCUT2D eigenvalue weighted by Crippen LogP contribution is 2.29. The Morgan fingerprint density at radius 3 is 2.70 bits per heavy atom. The van der Waals surface area contributed by atoms with Gasteiger partial charge in [-0.3, -0.25) is 9.69 Å². The first-order valence-corrected chi connectivity index (χ1v) is 9.23. The van der Waals surface area contributed by atoms with Gasteiger partial charge in [-0.1, -0.05) is 12.1 Å². The van der Waals surface area contributed by atoms with Gasteiger partial charge in [-0.05, 0) is 60.7 Å². The number of nitrogens with zero attached hydrogens (tertiary/aromatic N) is 1. The molecule has 6 heteroatoms. The number of benzene rings is 2. The fourth-order valence-corrected chi connectivity index (χ4v) is 2.95. The number of hydrogen-bond donors (Lipinski definition) is 1. The molecule has 2 aliphatic rings. The van der Waals surface area contributed by atoms with E-state index in [9.17, 15) is 9.59 Å². The average Bonchev–Trinajstić information content (AvgIpc) is 3.44. The quantitative estimate of drug-likeness (QED) is 0.816. The molecular formula is C21H22N2O4. The molecule has 27 heavy (non-hydrogen) atoms. The number of rotatable bonds is 7. The maximum absolute atomic E-state index is 12.4. The molecule has 1 saturated carbocycles. The van der Waals surface area contributed by atoms with Crippen molar-refractivity contribution in [3.63, 3.8) is 0 Å².